The van der Waals surface area contributed by atoms with Crippen LogP contribution in [0.1, 0.15) is 12.5 Å². The van der Waals surface area contributed by atoms with Gasteiger partial charge in [-0.25, -0.2) is 12.7 Å². The normalized spacial score (nSPS) is 19.9. The lowest BCUT2D eigenvalue weighted by molar-refractivity contribution is -0.130. The predicted molar refractivity (Wildman–Crippen MR) is 73.5 cm³/mol. The van der Waals surface area contributed by atoms with Crippen LogP contribution >= 0.6 is 0 Å². The Labute approximate surface area is 118 Å². The third-order valence-electron chi connectivity index (χ3n) is 3.29. The van der Waals surface area contributed by atoms with Gasteiger partial charge in [0.15, 0.2) is 0 Å². The molecule has 2 rings (SSSR count). The van der Waals surface area contributed by atoms with Crippen LogP contribution in [0.2, 0.25) is 0 Å². The molecule has 0 saturated carbocycles. The molecule has 0 spiro atoms. The number of rotatable bonds is 5. The van der Waals surface area contributed by atoms with Gasteiger partial charge in [-0.2, -0.15) is 5.10 Å². The first kappa shape index (κ1) is 14.7. The van der Waals surface area contributed by atoms with Crippen molar-refractivity contribution in [1.82, 2.24) is 19.0 Å². The molecule has 7 nitrogen and oxygen atoms in total. The molecule has 1 aromatic rings. The Bertz CT molecular complexity index is 620. The first-order chi connectivity index (χ1) is 9.37. The van der Waals surface area contributed by atoms with Crippen LogP contribution in [0.15, 0.2) is 29.9 Å². The number of hydrogen-bond donors (Lipinski definition) is 0. The highest BCUT2D eigenvalue weighted by Gasteiger charge is 2.33. The van der Waals surface area contributed by atoms with E-state index < -0.39 is 16.1 Å². The Balaban J connectivity index is 2.23. The van der Waals surface area contributed by atoms with Gasteiger partial charge in [-0.1, -0.05) is 6.08 Å². The maximum Gasteiger partial charge on any atom is 0.247 e. The Morgan fingerprint density at radius 1 is 1.55 bits per heavy atom. The standard InChI is InChI=1S/C12H18N4O3S/c1-4-6-15-7-5-11(12(15)17)16-9-10(8-13-16)20(18,19)14(2)3/h4,8-9,11H,1,5-7H2,2-3H3. The average Bonchev–Trinajstić information content (AvgIpc) is 2.98. The van der Waals surface area contributed by atoms with Crippen molar-refractivity contribution in [2.45, 2.75) is 17.4 Å². The van der Waals surface area contributed by atoms with E-state index in [4.69, 9.17) is 0 Å². The van der Waals surface area contributed by atoms with Crippen LogP contribution in [0.5, 0.6) is 0 Å². The lowest BCUT2D eigenvalue weighted by Gasteiger charge is -2.14. The van der Waals surface area contributed by atoms with E-state index in [1.54, 1.807) is 11.0 Å². The highest BCUT2D eigenvalue weighted by atomic mass is 32.2. The molecule has 0 aromatic carbocycles. The van der Waals surface area contributed by atoms with Crippen LogP contribution in [0.3, 0.4) is 0 Å². The third kappa shape index (κ3) is 2.48. The molecule has 0 aliphatic carbocycles. The van der Waals surface area contributed by atoms with E-state index in [0.717, 1.165) is 4.31 Å². The molecular weight excluding hydrogens is 280 g/mol. The van der Waals surface area contributed by atoms with Crippen LogP contribution in [0.4, 0.5) is 0 Å². The van der Waals surface area contributed by atoms with Gasteiger partial charge in [0.25, 0.3) is 0 Å². The van der Waals surface area contributed by atoms with Crippen molar-refractivity contribution < 1.29 is 13.2 Å². The van der Waals surface area contributed by atoms with Gasteiger partial charge in [0.1, 0.15) is 10.9 Å². The maximum absolute atomic E-state index is 12.1. The molecule has 0 bridgehead atoms. The van der Waals surface area contributed by atoms with Gasteiger partial charge in [0.2, 0.25) is 15.9 Å². The number of hydrogen-bond acceptors (Lipinski definition) is 4. The average molecular weight is 298 g/mol. The fraction of sp³-hybridized carbons (Fsp3) is 0.500. The van der Waals surface area contributed by atoms with Crippen LogP contribution in [-0.4, -0.2) is 60.5 Å². The van der Waals surface area contributed by atoms with E-state index in [0.29, 0.717) is 19.5 Å². The maximum atomic E-state index is 12.1. The van der Waals surface area contributed by atoms with Crippen molar-refractivity contribution in [3.05, 3.63) is 25.0 Å². The number of likely N-dealkylation sites (tertiary alicyclic amines) is 1. The van der Waals surface area contributed by atoms with Crippen LogP contribution in [0, 0.1) is 0 Å². The summed E-state index contributed by atoms with van der Waals surface area (Å²) in [5.74, 6) is -0.0539. The molecule has 1 atom stereocenters. The van der Waals surface area contributed by atoms with E-state index in [2.05, 4.69) is 11.7 Å². The van der Waals surface area contributed by atoms with Crippen molar-refractivity contribution in [3.8, 4) is 0 Å². The van der Waals surface area contributed by atoms with Crippen molar-refractivity contribution in [2.24, 2.45) is 0 Å². The van der Waals surface area contributed by atoms with Gasteiger partial charge in [-0.3, -0.25) is 9.48 Å². The third-order valence-corrected chi connectivity index (χ3v) is 5.06. The number of nitrogens with zero attached hydrogens (tertiary/aromatic N) is 4. The van der Waals surface area contributed by atoms with Gasteiger partial charge in [0.05, 0.1) is 6.20 Å². The highest BCUT2D eigenvalue weighted by Crippen LogP contribution is 2.24. The largest absolute Gasteiger partial charge is 0.337 e. The van der Waals surface area contributed by atoms with Crippen LogP contribution < -0.4 is 0 Å². The quantitative estimate of drug-likeness (QED) is 0.722. The molecule has 2 heterocycles. The molecule has 1 amide bonds. The summed E-state index contributed by atoms with van der Waals surface area (Å²) in [6.45, 7) is 4.74. The number of carbonyl (C=O) groups is 1. The van der Waals surface area contributed by atoms with E-state index in [1.807, 2.05) is 0 Å². The van der Waals surface area contributed by atoms with E-state index >= 15 is 0 Å². The molecule has 110 valence electrons. The Morgan fingerprint density at radius 3 is 2.85 bits per heavy atom. The van der Waals surface area contributed by atoms with Crippen molar-refractivity contribution in [1.29, 1.82) is 0 Å². The number of carbonyl (C=O) groups excluding carboxylic acids is 1. The zero-order valence-corrected chi connectivity index (χ0v) is 12.4. The molecule has 0 N–H and O–H groups in total. The number of amides is 1. The Hall–Kier alpha value is -1.67. The van der Waals surface area contributed by atoms with Gasteiger partial charge in [-0.05, 0) is 6.42 Å². The second kappa shape index (κ2) is 5.37. The molecule has 8 heteroatoms. The molecule has 1 aliphatic rings. The topological polar surface area (TPSA) is 75.5 Å². The van der Waals surface area contributed by atoms with E-state index in [1.165, 1.54) is 31.2 Å². The minimum Gasteiger partial charge on any atom is -0.337 e. The van der Waals surface area contributed by atoms with Crippen molar-refractivity contribution in [3.63, 3.8) is 0 Å². The summed E-state index contributed by atoms with van der Waals surface area (Å²) in [7, 11) is -0.603. The van der Waals surface area contributed by atoms with Crippen molar-refractivity contribution in [2.75, 3.05) is 27.2 Å². The van der Waals surface area contributed by atoms with Gasteiger partial charge in [0, 0.05) is 33.4 Å². The Kier molecular flexibility index (Phi) is 3.96. The lowest BCUT2D eigenvalue weighted by atomic mass is 10.2. The van der Waals surface area contributed by atoms with Crippen LogP contribution in [-0.2, 0) is 14.8 Å². The fourth-order valence-electron chi connectivity index (χ4n) is 2.14. The Morgan fingerprint density at radius 2 is 2.25 bits per heavy atom. The molecule has 1 aromatic heterocycles. The molecule has 1 aliphatic heterocycles. The summed E-state index contributed by atoms with van der Waals surface area (Å²) in [6.07, 6.45) is 4.98. The summed E-state index contributed by atoms with van der Waals surface area (Å²) >= 11 is 0. The highest BCUT2D eigenvalue weighted by molar-refractivity contribution is 7.89. The molecule has 0 radical (unpaired) electrons. The summed E-state index contributed by atoms with van der Waals surface area (Å²) in [4.78, 5) is 13.9. The van der Waals surface area contributed by atoms with E-state index in [9.17, 15) is 13.2 Å². The SMILES string of the molecule is C=CCN1CCC(n2cc(S(=O)(=O)N(C)C)cn2)C1=O. The van der Waals surface area contributed by atoms with Gasteiger partial charge < -0.3 is 4.90 Å². The van der Waals surface area contributed by atoms with Gasteiger partial charge in [-0.15, -0.1) is 6.58 Å². The monoisotopic (exact) mass is 298 g/mol. The second-order valence-corrected chi connectivity index (χ2v) is 6.97. The summed E-state index contributed by atoms with van der Waals surface area (Å²) in [6, 6.07) is -0.430. The molecule has 20 heavy (non-hydrogen) atoms. The van der Waals surface area contributed by atoms with Gasteiger partial charge >= 0.3 is 0 Å². The predicted octanol–water partition coefficient (Wildman–Crippen LogP) is 0.0928. The molecule has 1 unspecified atom stereocenters. The van der Waals surface area contributed by atoms with E-state index in [-0.39, 0.29) is 10.8 Å². The minimum absolute atomic E-state index is 0.0539. The lowest BCUT2D eigenvalue weighted by Crippen LogP contribution is -2.28. The summed E-state index contributed by atoms with van der Waals surface area (Å²) in [5, 5.41) is 4.03. The first-order valence-electron chi connectivity index (χ1n) is 6.24. The molecule has 1 fully saturated rings. The first-order valence-corrected chi connectivity index (χ1v) is 7.68. The molecule has 1 saturated heterocycles. The fourth-order valence-corrected chi connectivity index (χ4v) is 2.98. The number of sulfonamides is 1. The summed E-state index contributed by atoms with van der Waals surface area (Å²) in [5.41, 5.74) is 0. The zero-order chi connectivity index (χ0) is 14.9. The minimum atomic E-state index is -3.52. The molecular formula is C12H18N4O3S. The smallest absolute Gasteiger partial charge is 0.247 e. The second-order valence-electron chi connectivity index (χ2n) is 4.82. The number of aromatic nitrogens is 2. The van der Waals surface area contributed by atoms with Crippen molar-refractivity contribution >= 4 is 15.9 Å². The van der Waals surface area contributed by atoms with Crippen LogP contribution in [0.25, 0.3) is 0 Å². The zero-order valence-electron chi connectivity index (χ0n) is 11.6. The summed E-state index contributed by atoms with van der Waals surface area (Å²) < 4.78 is 26.5.